The number of hydrogen-bond acceptors (Lipinski definition) is 4. The lowest BCUT2D eigenvalue weighted by atomic mass is 10.4. The lowest BCUT2D eigenvalue weighted by Crippen LogP contribution is -2.22. The van der Waals surface area contributed by atoms with Crippen LogP contribution in [-0.4, -0.2) is 31.7 Å². The van der Waals surface area contributed by atoms with E-state index in [1.54, 1.807) is 6.92 Å². The second kappa shape index (κ2) is 7.91. The Morgan fingerprint density at radius 3 is 2.29 bits per heavy atom. The van der Waals surface area contributed by atoms with Gasteiger partial charge in [-0.2, -0.15) is 0 Å². The Morgan fingerprint density at radius 1 is 1.41 bits per heavy atom. The van der Waals surface area contributed by atoms with E-state index >= 15 is 0 Å². The molecule has 7 nitrogen and oxygen atoms in total. The van der Waals surface area contributed by atoms with Crippen molar-refractivity contribution in [3.8, 4) is 0 Å². The first-order chi connectivity index (χ1) is 8.10. The summed E-state index contributed by atoms with van der Waals surface area (Å²) in [6.07, 6.45) is 0.750. The molecule has 94 valence electrons. The third-order valence-electron chi connectivity index (χ3n) is 1.62. The van der Waals surface area contributed by atoms with Crippen LogP contribution in [0.25, 0.3) is 0 Å². The number of furan rings is 1. The number of hydrogen-bond donors (Lipinski definition) is 4. The normalized spacial score (nSPS) is 8.59. The van der Waals surface area contributed by atoms with Gasteiger partial charge in [-0.1, -0.05) is 0 Å². The molecule has 0 fully saturated rings. The van der Waals surface area contributed by atoms with Gasteiger partial charge in [-0.25, -0.2) is 0 Å². The third-order valence-corrected chi connectivity index (χ3v) is 1.62. The van der Waals surface area contributed by atoms with Crippen molar-refractivity contribution in [1.29, 1.82) is 5.41 Å². The molecule has 0 saturated carbocycles. The molecule has 0 unspecified atom stereocenters. The smallest absolute Gasteiger partial charge is 0.287 e. The number of carbonyl (C=O) groups excluding carboxylic acids is 2. The minimum atomic E-state index is -0.347. The molecular weight excluding hydrogens is 224 g/mol. The molecule has 0 radical (unpaired) electrons. The molecule has 17 heavy (non-hydrogen) atoms. The third kappa shape index (κ3) is 4.83. The largest absolute Gasteiger partial charge is 0.446 e. The van der Waals surface area contributed by atoms with Crippen LogP contribution in [0.1, 0.15) is 28.0 Å². The van der Waals surface area contributed by atoms with Gasteiger partial charge in [-0.3, -0.25) is 15.0 Å². The zero-order valence-corrected chi connectivity index (χ0v) is 9.74. The Labute approximate surface area is 98.9 Å². The van der Waals surface area contributed by atoms with Crippen molar-refractivity contribution in [3.63, 3.8) is 0 Å². The Hall–Kier alpha value is -2.31. The van der Waals surface area contributed by atoms with Gasteiger partial charge < -0.3 is 20.8 Å². The quantitative estimate of drug-likeness (QED) is 0.436. The summed E-state index contributed by atoms with van der Waals surface area (Å²) < 4.78 is 5.03. The fourth-order valence-electron chi connectivity index (χ4n) is 0.953. The van der Waals surface area contributed by atoms with E-state index in [9.17, 15) is 9.59 Å². The fraction of sp³-hybridized carbons (Fsp3) is 0.300. The van der Waals surface area contributed by atoms with E-state index in [1.807, 2.05) is 0 Å². The van der Waals surface area contributed by atoms with Gasteiger partial charge in [-0.05, 0) is 19.1 Å². The van der Waals surface area contributed by atoms with E-state index in [1.165, 1.54) is 19.2 Å². The second-order valence-corrected chi connectivity index (χ2v) is 2.77. The van der Waals surface area contributed by atoms with E-state index in [0.717, 1.165) is 6.34 Å². The molecular formula is C10H16N4O3. The standard InChI is InChI=1S/C9H12N2O3.CH4N2/c1-3-11-9(13)7-5-4-6(14-7)8(12)10-2;2-1-3/h4-5H,3H2,1-2H3,(H,10,12)(H,11,13);1H,(H3,2,3). The SMILES string of the molecule is CCNC(=O)c1ccc(C(=O)NC)o1.N=CN. The van der Waals surface area contributed by atoms with E-state index < -0.39 is 0 Å². The lowest BCUT2D eigenvalue weighted by Gasteiger charge is -1.97. The van der Waals surface area contributed by atoms with Crippen molar-refractivity contribution in [2.24, 2.45) is 5.73 Å². The molecule has 0 aliphatic rings. The summed E-state index contributed by atoms with van der Waals surface area (Å²) in [7, 11) is 1.50. The van der Waals surface area contributed by atoms with Crippen LogP contribution in [0.3, 0.4) is 0 Å². The van der Waals surface area contributed by atoms with Crippen molar-refractivity contribution in [2.45, 2.75) is 6.92 Å². The minimum absolute atomic E-state index is 0.133. The first-order valence-electron chi connectivity index (χ1n) is 4.91. The summed E-state index contributed by atoms with van der Waals surface area (Å²) in [6.45, 7) is 2.33. The molecule has 1 heterocycles. The lowest BCUT2D eigenvalue weighted by molar-refractivity contribution is 0.0907. The highest BCUT2D eigenvalue weighted by Gasteiger charge is 2.13. The van der Waals surface area contributed by atoms with Crippen molar-refractivity contribution >= 4 is 18.2 Å². The fourth-order valence-corrected chi connectivity index (χ4v) is 0.953. The van der Waals surface area contributed by atoms with Crippen molar-refractivity contribution < 1.29 is 14.0 Å². The maximum Gasteiger partial charge on any atom is 0.287 e. The summed E-state index contributed by atoms with van der Waals surface area (Å²) in [5.74, 6) is -0.387. The zero-order chi connectivity index (χ0) is 13.3. The van der Waals surface area contributed by atoms with Gasteiger partial charge in [-0.15, -0.1) is 0 Å². The van der Waals surface area contributed by atoms with Crippen molar-refractivity contribution in [2.75, 3.05) is 13.6 Å². The van der Waals surface area contributed by atoms with Crippen molar-refractivity contribution in [3.05, 3.63) is 23.7 Å². The summed E-state index contributed by atoms with van der Waals surface area (Å²) in [4.78, 5) is 22.3. The van der Waals surface area contributed by atoms with E-state index in [4.69, 9.17) is 9.83 Å². The van der Waals surface area contributed by atoms with Crippen LogP contribution >= 0.6 is 0 Å². The van der Waals surface area contributed by atoms with E-state index in [2.05, 4.69) is 16.4 Å². The first kappa shape index (κ1) is 14.7. The number of nitrogens with one attached hydrogen (secondary N) is 3. The predicted octanol–water partition coefficient (Wildman–Crippen LogP) is -0.0589. The highest BCUT2D eigenvalue weighted by Crippen LogP contribution is 2.07. The number of amides is 2. The zero-order valence-electron chi connectivity index (χ0n) is 9.74. The van der Waals surface area contributed by atoms with E-state index in [0.29, 0.717) is 6.54 Å². The second-order valence-electron chi connectivity index (χ2n) is 2.77. The minimum Gasteiger partial charge on any atom is -0.446 e. The van der Waals surface area contributed by atoms with Crippen LogP contribution in [0.15, 0.2) is 16.5 Å². The molecule has 1 rings (SSSR count). The summed E-state index contributed by atoms with van der Waals surface area (Å²) in [5.41, 5.74) is 4.39. The monoisotopic (exact) mass is 240 g/mol. The van der Waals surface area contributed by atoms with E-state index in [-0.39, 0.29) is 23.3 Å². The van der Waals surface area contributed by atoms with Crippen LogP contribution in [0.4, 0.5) is 0 Å². The molecule has 0 spiro atoms. The van der Waals surface area contributed by atoms with Gasteiger partial charge >= 0.3 is 0 Å². The van der Waals surface area contributed by atoms with Gasteiger partial charge in [0.1, 0.15) is 0 Å². The summed E-state index contributed by atoms with van der Waals surface area (Å²) in [5, 5.41) is 10.8. The van der Waals surface area contributed by atoms with Crippen LogP contribution < -0.4 is 16.4 Å². The molecule has 0 atom stereocenters. The highest BCUT2D eigenvalue weighted by atomic mass is 16.4. The molecule has 5 N–H and O–H groups in total. The Balaban J connectivity index is 0.000000770. The molecule has 1 aromatic rings. The van der Waals surface area contributed by atoms with Gasteiger partial charge in [0.2, 0.25) is 0 Å². The van der Waals surface area contributed by atoms with Gasteiger partial charge in [0.15, 0.2) is 11.5 Å². The van der Waals surface area contributed by atoms with Gasteiger partial charge in [0.05, 0.1) is 6.34 Å². The summed E-state index contributed by atoms with van der Waals surface area (Å²) in [6, 6.07) is 2.93. The van der Waals surface area contributed by atoms with Gasteiger partial charge in [0.25, 0.3) is 11.8 Å². The topological polar surface area (TPSA) is 121 Å². The van der Waals surface area contributed by atoms with Crippen LogP contribution in [0.5, 0.6) is 0 Å². The van der Waals surface area contributed by atoms with Crippen LogP contribution in [0, 0.1) is 5.41 Å². The van der Waals surface area contributed by atoms with Crippen LogP contribution in [0.2, 0.25) is 0 Å². The maximum atomic E-state index is 11.2. The van der Waals surface area contributed by atoms with Gasteiger partial charge in [0, 0.05) is 13.6 Å². The van der Waals surface area contributed by atoms with Crippen molar-refractivity contribution in [1.82, 2.24) is 10.6 Å². The number of nitrogens with two attached hydrogens (primary N) is 1. The summed E-state index contributed by atoms with van der Waals surface area (Å²) >= 11 is 0. The number of rotatable bonds is 3. The predicted molar refractivity (Wildman–Crippen MR) is 63.1 cm³/mol. The Kier molecular flexibility index (Phi) is 6.84. The molecule has 0 aromatic carbocycles. The maximum absolute atomic E-state index is 11.2. The molecule has 0 bridgehead atoms. The first-order valence-corrected chi connectivity index (χ1v) is 4.91. The molecule has 1 aromatic heterocycles. The Morgan fingerprint density at radius 2 is 1.88 bits per heavy atom. The Bertz CT molecular complexity index is 387. The molecule has 2 amide bonds. The molecule has 7 heteroatoms. The average molecular weight is 240 g/mol. The molecule has 0 saturated heterocycles. The number of carbonyl (C=O) groups is 2. The molecule has 0 aliphatic carbocycles. The van der Waals surface area contributed by atoms with Crippen LogP contribution in [-0.2, 0) is 0 Å². The highest BCUT2D eigenvalue weighted by molar-refractivity contribution is 5.95. The average Bonchev–Trinajstić information content (AvgIpc) is 2.79. The molecule has 0 aliphatic heterocycles.